The molecule has 1 aliphatic heterocycles. The molecule has 4 rings (SSSR count). The van der Waals surface area contributed by atoms with E-state index in [0.717, 1.165) is 4.68 Å². The molecule has 11 heteroatoms. The number of carbonyl (C=O) groups is 3. The summed E-state index contributed by atoms with van der Waals surface area (Å²) in [6.07, 6.45) is 0.0850. The SMILES string of the molecule is CC(C)(C)COC(=O)n1nc(NC(=O)[C@@H]2CCCN(C(=O)OC(C)(C)C)C2)c2cc(-c3cc(C#N)ccc3Cl)ccc21. The molecule has 1 aromatic heterocycles. The van der Waals surface area contributed by atoms with Gasteiger partial charge in [0.2, 0.25) is 5.91 Å². The van der Waals surface area contributed by atoms with Gasteiger partial charge < -0.3 is 19.7 Å². The maximum Gasteiger partial charge on any atom is 0.435 e. The zero-order chi connectivity index (χ0) is 30.8. The number of nitrogens with zero attached hydrogens (tertiary/aromatic N) is 4. The number of amides is 2. The zero-order valence-corrected chi connectivity index (χ0v) is 25.5. The summed E-state index contributed by atoms with van der Waals surface area (Å²) >= 11 is 6.47. The highest BCUT2D eigenvalue weighted by Crippen LogP contribution is 2.34. The summed E-state index contributed by atoms with van der Waals surface area (Å²) in [5.41, 5.74) is 1.27. The Morgan fingerprint density at radius 1 is 1.10 bits per heavy atom. The van der Waals surface area contributed by atoms with E-state index in [1.54, 1.807) is 62.1 Å². The Balaban J connectivity index is 1.68. The number of hydrogen-bond acceptors (Lipinski definition) is 7. The molecular weight excluding hydrogens is 558 g/mol. The number of likely N-dealkylation sites (tertiary alicyclic amines) is 1. The first kappa shape index (κ1) is 30.8. The second-order valence-corrected chi connectivity index (χ2v) is 13.1. The average Bonchev–Trinajstić information content (AvgIpc) is 3.28. The van der Waals surface area contributed by atoms with E-state index in [-0.39, 0.29) is 30.3 Å². The fourth-order valence-electron chi connectivity index (χ4n) is 4.57. The molecule has 1 fully saturated rings. The minimum atomic E-state index is -0.679. The van der Waals surface area contributed by atoms with E-state index in [9.17, 15) is 19.6 Å². The van der Waals surface area contributed by atoms with Crippen LogP contribution in [-0.2, 0) is 14.3 Å². The Morgan fingerprint density at radius 2 is 1.83 bits per heavy atom. The molecule has 1 atom stereocenters. The van der Waals surface area contributed by atoms with Gasteiger partial charge in [0.05, 0.1) is 29.7 Å². The van der Waals surface area contributed by atoms with Crippen molar-refractivity contribution >= 4 is 46.4 Å². The maximum absolute atomic E-state index is 13.5. The molecule has 2 aromatic carbocycles. The van der Waals surface area contributed by atoms with Crippen molar-refractivity contribution in [3.63, 3.8) is 0 Å². The minimum Gasteiger partial charge on any atom is -0.447 e. The molecule has 0 spiro atoms. The van der Waals surface area contributed by atoms with Crippen LogP contribution in [-0.4, -0.2) is 58.1 Å². The summed E-state index contributed by atoms with van der Waals surface area (Å²) in [5, 5.41) is 17.6. The Kier molecular flexibility index (Phi) is 8.83. The molecule has 0 bridgehead atoms. The second kappa shape index (κ2) is 12.0. The molecule has 0 radical (unpaired) electrons. The lowest BCUT2D eigenvalue weighted by Gasteiger charge is -2.33. The maximum atomic E-state index is 13.5. The number of anilines is 1. The molecular formula is C31H36ClN5O5. The fourth-order valence-corrected chi connectivity index (χ4v) is 4.80. The lowest BCUT2D eigenvalue weighted by Crippen LogP contribution is -2.45. The third kappa shape index (κ3) is 7.39. The number of aromatic nitrogens is 2. The first-order valence-electron chi connectivity index (χ1n) is 13.8. The Labute approximate surface area is 250 Å². The molecule has 0 saturated carbocycles. The van der Waals surface area contributed by atoms with Gasteiger partial charge in [0.1, 0.15) is 5.60 Å². The molecule has 1 saturated heterocycles. The van der Waals surface area contributed by atoms with E-state index < -0.39 is 23.7 Å². The van der Waals surface area contributed by atoms with Gasteiger partial charge in [0.15, 0.2) is 5.82 Å². The smallest absolute Gasteiger partial charge is 0.435 e. The van der Waals surface area contributed by atoms with Gasteiger partial charge in [-0.05, 0) is 74.9 Å². The Hall–Kier alpha value is -4.10. The Bertz CT molecular complexity index is 1560. The number of hydrogen-bond donors (Lipinski definition) is 1. The zero-order valence-electron chi connectivity index (χ0n) is 24.8. The van der Waals surface area contributed by atoms with Crippen LogP contribution in [0.25, 0.3) is 22.0 Å². The van der Waals surface area contributed by atoms with Gasteiger partial charge in [0.25, 0.3) is 0 Å². The highest BCUT2D eigenvalue weighted by atomic mass is 35.5. The van der Waals surface area contributed by atoms with Crippen LogP contribution in [0.15, 0.2) is 36.4 Å². The summed E-state index contributed by atoms with van der Waals surface area (Å²) < 4.78 is 12.1. The number of ether oxygens (including phenoxy) is 2. The van der Waals surface area contributed by atoms with Gasteiger partial charge >= 0.3 is 12.2 Å². The van der Waals surface area contributed by atoms with Crippen LogP contribution in [0.1, 0.15) is 59.9 Å². The molecule has 3 aromatic rings. The van der Waals surface area contributed by atoms with Crippen LogP contribution in [0.3, 0.4) is 0 Å². The monoisotopic (exact) mass is 593 g/mol. The van der Waals surface area contributed by atoms with Crippen molar-refractivity contribution in [1.82, 2.24) is 14.7 Å². The number of piperidine rings is 1. The number of nitriles is 1. The summed E-state index contributed by atoms with van der Waals surface area (Å²) in [4.78, 5) is 40.8. The summed E-state index contributed by atoms with van der Waals surface area (Å²) in [7, 11) is 0. The predicted molar refractivity (Wildman–Crippen MR) is 160 cm³/mol. The predicted octanol–water partition coefficient (Wildman–Crippen LogP) is 6.84. The van der Waals surface area contributed by atoms with Crippen LogP contribution < -0.4 is 5.32 Å². The number of rotatable bonds is 4. The normalized spacial score (nSPS) is 15.7. The third-order valence-corrected chi connectivity index (χ3v) is 6.90. The van der Waals surface area contributed by atoms with Crippen molar-refractivity contribution in [3.8, 4) is 17.2 Å². The minimum absolute atomic E-state index is 0.173. The first-order chi connectivity index (χ1) is 19.6. The Morgan fingerprint density at radius 3 is 2.50 bits per heavy atom. The van der Waals surface area contributed by atoms with E-state index >= 15 is 0 Å². The van der Waals surface area contributed by atoms with Gasteiger partial charge in [0, 0.05) is 29.1 Å². The molecule has 2 amide bonds. The number of nitrogens with one attached hydrogen (secondary N) is 1. The lowest BCUT2D eigenvalue weighted by atomic mass is 9.97. The number of halogens is 1. The van der Waals surface area contributed by atoms with Crippen LogP contribution in [0.4, 0.5) is 15.4 Å². The van der Waals surface area contributed by atoms with Gasteiger partial charge in [-0.15, -0.1) is 5.10 Å². The number of fused-ring (bicyclic) bond motifs is 1. The van der Waals surface area contributed by atoms with Gasteiger partial charge in [-0.2, -0.15) is 9.94 Å². The van der Waals surface area contributed by atoms with E-state index in [4.69, 9.17) is 21.1 Å². The molecule has 1 aliphatic rings. The second-order valence-electron chi connectivity index (χ2n) is 12.7. The van der Waals surface area contributed by atoms with Crippen molar-refractivity contribution < 1.29 is 23.9 Å². The quantitative estimate of drug-likeness (QED) is 0.350. The number of carbonyl (C=O) groups excluding carboxylic acids is 3. The van der Waals surface area contributed by atoms with E-state index in [1.807, 2.05) is 20.8 Å². The van der Waals surface area contributed by atoms with E-state index in [0.29, 0.717) is 52.0 Å². The van der Waals surface area contributed by atoms with Gasteiger partial charge in [-0.25, -0.2) is 9.59 Å². The molecule has 2 heterocycles. The van der Waals surface area contributed by atoms with Crippen molar-refractivity contribution in [3.05, 3.63) is 47.0 Å². The molecule has 1 N–H and O–H groups in total. The largest absolute Gasteiger partial charge is 0.447 e. The van der Waals surface area contributed by atoms with Crippen molar-refractivity contribution in [2.75, 3.05) is 25.0 Å². The fraction of sp³-hybridized carbons (Fsp3) is 0.452. The molecule has 0 unspecified atom stereocenters. The van der Waals surface area contributed by atoms with Crippen molar-refractivity contribution in [2.45, 2.75) is 60.0 Å². The topological polar surface area (TPSA) is 127 Å². The summed E-state index contributed by atoms with van der Waals surface area (Å²) in [5.74, 6) is -0.650. The van der Waals surface area contributed by atoms with Crippen LogP contribution in [0, 0.1) is 22.7 Å². The third-order valence-electron chi connectivity index (χ3n) is 6.57. The summed E-state index contributed by atoms with van der Waals surface area (Å²) in [6, 6.07) is 12.3. The first-order valence-corrected chi connectivity index (χ1v) is 14.2. The molecule has 0 aliphatic carbocycles. The lowest BCUT2D eigenvalue weighted by molar-refractivity contribution is -0.121. The number of benzene rings is 2. The van der Waals surface area contributed by atoms with Crippen molar-refractivity contribution in [1.29, 1.82) is 5.26 Å². The molecule has 42 heavy (non-hydrogen) atoms. The van der Waals surface area contributed by atoms with E-state index in [2.05, 4.69) is 16.5 Å². The van der Waals surface area contributed by atoms with Crippen molar-refractivity contribution in [2.24, 2.45) is 11.3 Å². The highest BCUT2D eigenvalue weighted by molar-refractivity contribution is 6.33. The summed E-state index contributed by atoms with van der Waals surface area (Å²) in [6.45, 7) is 12.1. The molecule has 10 nitrogen and oxygen atoms in total. The van der Waals surface area contributed by atoms with Crippen LogP contribution in [0.5, 0.6) is 0 Å². The van der Waals surface area contributed by atoms with Crippen LogP contribution in [0.2, 0.25) is 5.02 Å². The van der Waals surface area contributed by atoms with Gasteiger partial charge in [-0.1, -0.05) is 38.4 Å². The standard InChI is InChI=1S/C31H36ClN5O5/c1-30(2,3)18-41-29(40)37-25-12-10-20(22-14-19(16-33)9-11-24(22)32)15-23(25)26(35-37)34-27(38)21-8-7-13-36(17-21)28(39)42-31(4,5)6/h9-12,14-15,21H,7-8,13,17-18H2,1-6H3,(H,34,35,38)/t21-/m1/s1. The highest BCUT2D eigenvalue weighted by Gasteiger charge is 2.32. The molecule has 222 valence electrons. The van der Waals surface area contributed by atoms with E-state index in [1.165, 1.54) is 0 Å². The van der Waals surface area contributed by atoms with Gasteiger partial charge in [-0.3, -0.25) is 4.79 Å². The average molecular weight is 594 g/mol. The van der Waals surface area contributed by atoms with Crippen LogP contribution >= 0.6 is 11.6 Å².